The largest absolute Gasteiger partial charge is 0.310 e. The Hall–Kier alpha value is -8.92. The minimum absolute atomic E-state index is 0.0972. The summed E-state index contributed by atoms with van der Waals surface area (Å²) in [5.41, 5.74) is 20.9. The average Bonchev–Trinajstić information content (AvgIpc) is 3.94. The molecule has 0 saturated heterocycles. The molecule has 1 spiro atoms. The Morgan fingerprint density at radius 2 is 0.781 bits per heavy atom. The number of hydrogen-bond donors (Lipinski definition) is 0. The van der Waals surface area contributed by atoms with Crippen molar-refractivity contribution in [2.24, 2.45) is 0 Å². The highest BCUT2D eigenvalue weighted by atomic mass is 15.1. The van der Waals surface area contributed by atoms with Crippen LogP contribution in [0.15, 0.2) is 261 Å². The van der Waals surface area contributed by atoms with E-state index in [1.807, 2.05) is 0 Å². The average molecular weight is 936 g/mol. The third kappa shape index (κ3) is 7.26. The molecule has 0 aliphatic heterocycles. The second-order valence-electron chi connectivity index (χ2n) is 20.0. The van der Waals surface area contributed by atoms with Crippen molar-refractivity contribution in [2.75, 3.05) is 9.80 Å². The van der Waals surface area contributed by atoms with E-state index in [-0.39, 0.29) is 5.41 Å². The number of aromatic nitrogens is 1. The molecule has 2 aliphatic rings. The van der Waals surface area contributed by atoms with E-state index in [1.165, 1.54) is 102 Å². The summed E-state index contributed by atoms with van der Waals surface area (Å²) in [5, 5.41) is 5.16. The molecule has 348 valence electrons. The van der Waals surface area contributed by atoms with Crippen LogP contribution >= 0.6 is 0 Å². The molecule has 11 aromatic carbocycles. The van der Waals surface area contributed by atoms with Crippen molar-refractivity contribution in [3.63, 3.8) is 0 Å². The lowest BCUT2D eigenvalue weighted by atomic mass is 9.67. The minimum atomic E-state index is -0.0972. The van der Waals surface area contributed by atoms with E-state index in [1.54, 1.807) is 0 Å². The highest BCUT2D eigenvalue weighted by molar-refractivity contribution is 6.09. The van der Waals surface area contributed by atoms with Gasteiger partial charge in [0.15, 0.2) is 0 Å². The van der Waals surface area contributed by atoms with E-state index in [4.69, 9.17) is 0 Å². The van der Waals surface area contributed by atoms with Gasteiger partial charge in [0.25, 0.3) is 0 Å². The Morgan fingerprint density at radius 3 is 1.41 bits per heavy atom. The Bertz CT molecular complexity index is 3930. The first-order valence-corrected chi connectivity index (χ1v) is 26.0. The van der Waals surface area contributed by atoms with Crippen LogP contribution in [0.25, 0.3) is 71.6 Å². The number of fused-ring (bicyclic) bond motifs is 10. The number of nitrogens with zero attached hydrogens (tertiary/aromatic N) is 3. The Morgan fingerprint density at radius 1 is 0.315 bits per heavy atom. The van der Waals surface area contributed by atoms with Gasteiger partial charge in [-0.2, -0.15) is 0 Å². The molecule has 3 nitrogen and oxygen atoms in total. The lowest BCUT2D eigenvalue weighted by molar-refractivity contribution is 0.355. The van der Waals surface area contributed by atoms with Crippen LogP contribution in [0.3, 0.4) is 0 Å². The molecule has 1 fully saturated rings. The van der Waals surface area contributed by atoms with Crippen LogP contribution in [0, 0.1) is 0 Å². The predicted molar refractivity (Wildman–Crippen MR) is 308 cm³/mol. The van der Waals surface area contributed by atoms with Gasteiger partial charge in [0.05, 0.1) is 11.0 Å². The van der Waals surface area contributed by atoms with Gasteiger partial charge < -0.3 is 14.4 Å². The summed E-state index contributed by atoms with van der Waals surface area (Å²) >= 11 is 0. The molecule has 0 amide bonds. The first kappa shape index (κ1) is 42.9. The molecule has 1 saturated carbocycles. The highest BCUT2D eigenvalue weighted by Crippen LogP contribution is 2.59. The molecule has 0 N–H and O–H groups in total. The monoisotopic (exact) mass is 935 g/mol. The van der Waals surface area contributed by atoms with Crippen molar-refractivity contribution in [1.82, 2.24) is 4.57 Å². The lowest BCUT2D eigenvalue weighted by Gasteiger charge is -2.37. The molecule has 1 heterocycles. The van der Waals surface area contributed by atoms with Gasteiger partial charge in [-0.3, -0.25) is 0 Å². The summed E-state index contributed by atoms with van der Waals surface area (Å²) in [7, 11) is 0. The molecule has 0 bridgehead atoms. The minimum Gasteiger partial charge on any atom is -0.310 e. The van der Waals surface area contributed by atoms with Gasteiger partial charge in [-0.1, -0.05) is 189 Å². The zero-order valence-corrected chi connectivity index (χ0v) is 40.7. The molecular weight excluding hydrogens is 883 g/mol. The van der Waals surface area contributed by atoms with Crippen LogP contribution in [-0.2, 0) is 5.41 Å². The summed E-state index contributed by atoms with van der Waals surface area (Å²) < 4.78 is 2.43. The van der Waals surface area contributed by atoms with E-state index >= 15 is 0 Å². The van der Waals surface area contributed by atoms with Gasteiger partial charge in [0, 0.05) is 56.0 Å². The van der Waals surface area contributed by atoms with E-state index < -0.39 is 0 Å². The fourth-order valence-electron chi connectivity index (χ4n) is 12.6. The highest BCUT2D eigenvalue weighted by Gasteiger charge is 2.45. The molecule has 2 aliphatic carbocycles. The third-order valence-corrected chi connectivity index (χ3v) is 15.9. The standard InChI is InChI=1S/C70H53N3/c1-5-18-49(19-6-1)51-30-35-55(36-31-51)71(54-22-9-3-10-23-54)59-39-42-61-53(46-59)34-41-65-62-43-40-60(48-66(62)70(69(61)65)44-15-4-16-45-70)72(56-37-32-52(33-38-56)50-20-7-2-8-21-50)57-24-17-25-58(47-57)73-67-28-13-11-26-63(67)64-27-12-14-29-68(64)73/h1-3,5-14,17-43,46-48H,4,15-16,44-45H2. The molecule has 73 heavy (non-hydrogen) atoms. The maximum atomic E-state index is 2.56. The molecule has 0 radical (unpaired) electrons. The summed E-state index contributed by atoms with van der Waals surface area (Å²) in [4.78, 5) is 4.89. The maximum absolute atomic E-state index is 2.56. The van der Waals surface area contributed by atoms with Gasteiger partial charge in [-0.15, -0.1) is 0 Å². The predicted octanol–water partition coefficient (Wildman–Crippen LogP) is 19.4. The lowest BCUT2D eigenvalue weighted by Crippen LogP contribution is -2.28. The molecule has 0 unspecified atom stereocenters. The van der Waals surface area contributed by atoms with Crippen LogP contribution < -0.4 is 9.80 Å². The molecular formula is C70H53N3. The van der Waals surface area contributed by atoms with Crippen molar-refractivity contribution in [2.45, 2.75) is 37.5 Å². The summed E-state index contributed by atoms with van der Waals surface area (Å²) in [6.07, 6.45) is 5.96. The fourth-order valence-corrected chi connectivity index (χ4v) is 12.6. The van der Waals surface area contributed by atoms with E-state index in [2.05, 4.69) is 275 Å². The van der Waals surface area contributed by atoms with E-state index in [0.717, 1.165) is 47.0 Å². The van der Waals surface area contributed by atoms with Gasteiger partial charge in [-0.25, -0.2) is 0 Å². The van der Waals surface area contributed by atoms with Crippen molar-refractivity contribution in [3.05, 3.63) is 272 Å². The van der Waals surface area contributed by atoms with Crippen molar-refractivity contribution >= 4 is 66.7 Å². The van der Waals surface area contributed by atoms with Crippen LogP contribution in [0.4, 0.5) is 34.1 Å². The first-order chi connectivity index (χ1) is 36.2. The summed E-state index contributed by atoms with van der Waals surface area (Å²) in [6.45, 7) is 0. The summed E-state index contributed by atoms with van der Waals surface area (Å²) in [5.74, 6) is 0. The van der Waals surface area contributed by atoms with Gasteiger partial charge in [0.2, 0.25) is 0 Å². The normalized spacial score (nSPS) is 13.6. The molecule has 12 aromatic rings. The summed E-state index contributed by atoms with van der Waals surface area (Å²) in [6, 6.07) is 96.4. The van der Waals surface area contributed by atoms with Crippen LogP contribution in [0.5, 0.6) is 0 Å². The number of hydrogen-bond acceptors (Lipinski definition) is 2. The molecule has 1 aromatic heterocycles. The molecule has 14 rings (SSSR count). The Labute approximate surface area is 427 Å². The first-order valence-electron chi connectivity index (χ1n) is 26.0. The molecule has 0 atom stereocenters. The van der Waals surface area contributed by atoms with Crippen molar-refractivity contribution < 1.29 is 0 Å². The van der Waals surface area contributed by atoms with E-state index in [9.17, 15) is 0 Å². The van der Waals surface area contributed by atoms with Gasteiger partial charge in [-0.05, 0) is 159 Å². The van der Waals surface area contributed by atoms with Gasteiger partial charge >= 0.3 is 0 Å². The SMILES string of the molecule is c1ccc(-c2ccc(N(c3cccc(-n4c5ccccc5c5ccccc54)c3)c3ccc4c(c3)C3(CCCCC3)c3c-4ccc4cc(N(c5ccccc5)c5ccc(-c6ccccc6)cc5)ccc34)cc2)cc1. The number of anilines is 6. The third-order valence-electron chi connectivity index (χ3n) is 15.9. The van der Waals surface area contributed by atoms with Gasteiger partial charge in [0.1, 0.15) is 0 Å². The number of rotatable bonds is 9. The zero-order valence-electron chi connectivity index (χ0n) is 40.7. The van der Waals surface area contributed by atoms with Crippen LogP contribution in [0.2, 0.25) is 0 Å². The van der Waals surface area contributed by atoms with Crippen LogP contribution in [0.1, 0.15) is 43.2 Å². The zero-order chi connectivity index (χ0) is 48.3. The van der Waals surface area contributed by atoms with Crippen LogP contribution in [-0.4, -0.2) is 4.57 Å². The number of para-hydroxylation sites is 3. The van der Waals surface area contributed by atoms with Crippen molar-refractivity contribution in [3.8, 4) is 39.1 Å². The fraction of sp³-hybridized carbons (Fsp3) is 0.0857. The molecule has 3 heteroatoms. The second-order valence-corrected chi connectivity index (χ2v) is 20.0. The quantitative estimate of drug-likeness (QED) is 0.143. The van der Waals surface area contributed by atoms with E-state index in [0.29, 0.717) is 0 Å². The maximum Gasteiger partial charge on any atom is 0.0541 e. The smallest absolute Gasteiger partial charge is 0.0541 e. The second kappa shape index (κ2) is 17.7. The Balaban J connectivity index is 0.898. The Kier molecular flexibility index (Phi) is 10.4. The number of benzene rings is 11. The van der Waals surface area contributed by atoms with Crippen molar-refractivity contribution in [1.29, 1.82) is 0 Å². The topological polar surface area (TPSA) is 11.4 Å².